The van der Waals surface area contributed by atoms with Gasteiger partial charge in [-0.1, -0.05) is 6.92 Å². The van der Waals surface area contributed by atoms with Crippen LogP contribution < -0.4 is 29.6 Å². The number of carbonyl (C=O) groups is 2. The Balaban J connectivity index is 0. The number of aryl methyl sites for hydroxylation is 1. The van der Waals surface area contributed by atoms with Crippen LogP contribution in [0.25, 0.3) is 0 Å². The third-order valence-corrected chi connectivity index (χ3v) is 1.83. The van der Waals surface area contributed by atoms with Crippen LogP contribution in [-0.2, 0) is 6.42 Å². The Morgan fingerprint density at radius 1 is 1.40 bits per heavy atom. The maximum atomic E-state index is 10.8. The molecular formula is C9H10NNaO4. The first-order valence-electron chi connectivity index (χ1n) is 4.02. The van der Waals surface area contributed by atoms with Crippen molar-refractivity contribution in [1.82, 2.24) is 4.98 Å². The predicted octanol–water partition coefficient (Wildman–Crippen LogP) is -1.84. The molecule has 1 aromatic heterocycles. The second-order valence-corrected chi connectivity index (χ2v) is 2.66. The molecule has 0 radical (unpaired) electrons. The first kappa shape index (κ1) is 14.1. The molecule has 0 saturated heterocycles. The van der Waals surface area contributed by atoms with Gasteiger partial charge in [-0.05, 0) is 18.1 Å². The van der Waals surface area contributed by atoms with Crippen LogP contribution in [0, 0.1) is 0 Å². The fraction of sp³-hybridized carbons (Fsp3) is 0.222. The van der Waals surface area contributed by atoms with Crippen LogP contribution in [0.3, 0.4) is 0 Å². The molecule has 0 atom stereocenters. The van der Waals surface area contributed by atoms with Crippen molar-refractivity contribution >= 4 is 11.9 Å². The summed E-state index contributed by atoms with van der Waals surface area (Å²) in [6, 6.07) is 1.51. The predicted molar refractivity (Wildman–Crippen MR) is 48.6 cm³/mol. The van der Waals surface area contributed by atoms with Crippen molar-refractivity contribution in [2.75, 3.05) is 0 Å². The molecule has 5 nitrogen and oxygen atoms in total. The molecule has 0 aromatic carbocycles. The number of aromatic carboxylic acids is 2. The minimum atomic E-state index is -1.32. The Hall–Kier alpha value is -0.910. The number of carboxylic acid groups (broad SMARTS) is 2. The molecule has 76 valence electrons. The zero-order valence-electron chi connectivity index (χ0n) is 9.52. The normalized spacial score (nSPS) is 9.13. The monoisotopic (exact) mass is 219 g/mol. The summed E-state index contributed by atoms with van der Waals surface area (Å²) in [6.45, 7) is 1.76. The molecule has 0 unspecified atom stereocenters. The molecule has 15 heavy (non-hydrogen) atoms. The summed E-state index contributed by atoms with van der Waals surface area (Å²) in [7, 11) is 0. The summed E-state index contributed by atoms with van der Waals surface area (Å²) in [4.78, 5) is 25.0. The van der Waals surface area contributed by atoms with Crippen LogP contribution in [-0.4, -0.2) is 27.1 Å². The zero-order chi connectivity index (χ0) is 10.7. The molecule has 0 aliphatic heterocycles. The zero-order valence-corrected chi connectivity index (χ0v) is 10.5. The van der Waals surface area contributed by atoms with Gasteiger partial charge in [0.05, 0.1) is 5.56 Å². The number of rotatable bonds is 3. The molecule has 0 aliphatic rings. The van der Waals surface area contributed by atoms with E-state index in [4.69, 9.17) is 10.2 Å². The topological polar surface area (TPSA) is 87.5 Å². The van der Waals surface area contributed by atoms with Crippen LogP contribution in [0.2, 0.25) is 0 Å². The maximum Gasteiger partial charge on any atom is 1.00 e. The van der Waals surface area contributed by atoms with E-state index in [1.54, 1.807) is 6.92 Å². The van der Waals surface area contributed by atoms with Gasteiger partial charge in [0, 0.05) is 6.20 Å². The summed E-state index contributed by atoms with van der Waals surface area (Å²) < 4.78 is 0. The fourth-order valence-corrected chi connectivity index (χ4v) is 1.20. The Morgan fingerprint density at radius 3 is 2.40 bits per heavy atom. The fourth-order valence-electron chi connectivity index (χ4n) is 1.20. The van der Waals surface area contributed by atoms with Crippen molar-refractivity contribution in [2.24, 2.45) is 0 Å². The van der Waals surface area contributed by atoms with Crippen LogP contribution in [0.4, 0.5) is 0 Å². The molecule has 1 heterocycles. The molecule has 0 spiro atoms. The van der Waals surface area contributed by atoms with E-state index < -0.39 is 17.6 Å². The smallest absolute Gasteiger partial charge is 1.00 e. The number of carboxylic acids is 2. The summed E-state index contributed by atoms with van der Waals surface area (Å²) in [5.41, 5.74) is -0.149. The largest absolute Gasteiger partial charge is 1.00 e. The Bertz CT molecular complexity index is 397. The van der Waals surface area contributed by atoms with Crippen molar-refractivity contribution in [3.05, 3.63) is 29.1 Å². The van der Waals surface area contributed by atoms with Crippen molar-refractivity contribution < 1.29 is 50.8 Å². The molecule has 0 bridgehead atoms. The van der Waals surface area contributed by atoms with E-state index in [2.05, 4.69) is 4.98 Å². The molecule has 1 aromatic rings. The quantitative estimate of drug-likeness (QED) is 0.583. The van der Waals surface area contributed by atoms with E-state index in [1.165, 1.54) is 12.3 Å². The minimum absolute atomic E-state index is 0. The van der Waals surface area contributed by atoms with Gasteiger partial charge in [0.25, 0.3) is 0 Å². The van der Waals surface area contributed by atoms with Gasteiger partial charge in [0.15, 0.2) is 5.69 Å². The third kappa shape index (κ3) is 3.02. The van der Waals surface area contributed by atoms with Gasteiger partial charge in [0.2, 0.25) is 0 Å². The van der Waals surface area contributed by atoms with Crippen molar-refractivity contribution in [3.63, 3.8) is 0 Å². The molecule has 2 N–H and O–H groups in total. The second-order valence-electron chi connectivity index (χ2n) is 2.66. The SMILES string of the molecule is CCc1ccnc(C(=O)O)c1C(=O)O.[H-].[Na+]. The summed E-state index contributed by atoms with van der Waals surface area (Å²) in [6.07, 6.45) is 1.76. The van der Waals surface area contributed by atoms with Gasteiger partial charge in [-0.2, -0.15) is 0 Å². The summed E-state index contributed by atoms with van der Waals surface area (Å²) >= 11 is 0. The number of hydrogen-bond donors (Lipinski definition) is 2. The van der Waals surface area contributed by atoms with E-state index >= 15 is 0 Å². The molecule has 0 fully saturated rings. The molecule has 0 amide bonds. The van der Waals surface area contributed by atoms with Crippen molar-refractivity contribution in [2.45, 2.75) is 13.3 Å². The van der Waals surface area contributed by atoms with Gasteiger partial charge in [-0.25, -0.2) is 14.6 Å². The first-order valence-corrected chi connectivity index (χ1v) is 4.02. The number of nitrogens with zero attached hydrogens (tertiary/aromatic N) is 1. The van der Waals surface area contributed by atoms with E-state index in [0.717, 1.165) is 0 Å². The van der Waals surface area contributed by atoms with Crippen LogP contribution in [0.1, 0.15) is 34.8 Å². The molecule has 1 rings (SSSR count). The van der Waals surface area contributed by atoms with E-state index in [-0.39, 0.29) is 36.5 Å². The Labute approximate surface area is 110 Å². The number of pyridine rings is 1. The standard InChI is InChI=1S/C9H9NO4.Na.H/c1-2-5-3-4-10-7(9(13)14)6(5)8(11)12;;/h3-4H,2H2,1H3,(H,11,12)(H,13,14);;/q;+1;-1. The van der Waals surface area contributed by atoms with E-state index in [1.807, 2.05) is 0 Å². The average Bonchev–Trinajstić information content (AvgIpc) is 2.16. The van der Waals surface area contributed by atoms with E-state index in [0.29, 0.717) is 12.0 Å². The Morgan fingerprint density at radius 2 is 2.00 bits per heavy atom. The average molecular weight is 219 g/mol. The molecule has 0 aliphatic carbocycles. The van der Waals surface area contributed by atoms with Gasteiger partial charge < -0.3 is 11.6 Å². The van der Waals surface area contributed by atoms with Crippen molar-refractivity contribution in [3.8, 4) is 0 Å². The van der Waals surface area contributed by atoms with Crippen LogP contribution >= 0.6 is 0 Å². The van der Waals surface area contributed by atoms with Gasteiger partial charge >= 0.3 is 41.5 Å². The Kier molecular flexibility index (Phi) is 5.49. The summed E-state index contributed by atoms with van der Waals surface area (Å²) in [5, 5.41) is 17.5. The third-order valence-electron chi connectivity index (χ3n) is 1.83. The maximum absolute atomic E-state index is 10.8. The van der Waals surface area contributed by atoms with Gasteiger partial charge in [0.1, 0.15) is 0 Å². The molecule has 0 saturated carbocycles. The minimum Gasteiger partial charge on any atom is -1.00 e. The van der Waals surface area contributed by atoms with Crippen molar-refractivity contribution in [1.29, 1.82) is 0 Å². The molecular weight excluding hydrogens is 209 g/mol. The summed E-state index contributed by atoms with van der Waals surface area (Å²) in [5.74, 6) is -2.58. The second kappa shape index (κ2) is 5.85. The van der Waals surface area contributed by atoms with Gasteiger partial charge in [-0.3, -0.25) is 0 Å². The first-order chi connectivity index (χ1) is 6.57. The number of hydrogen-bond acceptors (Lipinski definition) is 3. The van der Waals surface area contributed by atoms with E-state index in [9.17, 15) is 9.59 Å². The number of aromatic nitrogens is 1. The van der Waals surface area contributed by atoms with Crippen LogP contribution in [0.5, 0.6) is 0 Å². The molecule has 6 heteroatoms. The van der Waals surface area contributed by atoms with Crippen LogP contribution in [0.15, 0.2) is 12.3 Å². The van der Waals surface area contributed by atoms with Gasteiger partial charge in [-0.15, -0.1) is 0 Å².